The first-order valence-corrected chi connectivity index (χ1v) is 6.08. The quantitative estimate of drug-likeness (QED) is 0.680. The van der Waals surface area contributed by atoms with Crippen LogP contribution in [0.15, 0.2) is 0 Å². The van der Waals surface area contributed by atoms with E-state index in [4.69, 9.17) is 0 Å². The van der Waals surface area contributed by atoms with Gasteiger partial charge < -0.3 is 0 Å². The van der Waals surface area contributed by atoms with Gasteiger partial charge in [0.25, 0.3) is 10.2 Å². The molecular formula is C8H20N2O2S. The van der Waals surface area contributed by atoms with Crippen molar-refractivity contribution in [2.45, 2.75) is 40.2 Å². The SMILES string of the molecule is CC(C)CCNS(=O)(=O)NC(C)C. The Morgan fingerprint density at radius 1 is 1.15 bits per heavy atom. The van der Waals surface area contributed by atoms with Crippen molar-refractivity contribution in [3.8, 4) is 0 Å². The number of hydrogen-bond acceptors (Lipinski definition) is 2. The summed E-state index contributed by atoms with van der Waals surface area (Å²) in [5, 5.41) is 0. The lowest BCUT2D eigenvalue weighted by Gasteiger charge is -2.11. The molecule has 0 saturated carbocycles. The van der Waals surface area contributed by atoms with Gasteiger partial charge in [0.15, 0.2) is 0 Å². The second-order valence-corrected chi connectivity index (χ2v) is 5.38. The summed E-state index contributed by atoms with van der Waals surface area (Å²) in [5.41, 5.74) is 0. The van der Waals surface area contributed by atoms with E-state index in [1.54, 1.807) is 13.8 Å². The summed E-state index contributed by atoms with van der Waals surface area (Å²) in [7, 11) is -3.28. The molecule has 13 heavy (non-hydrogen) atoms. The Kier molecular flexibility index (Phi) is 5.51. The van der Waals surface area contributed by atoms with Gasteiger partial charge in [0.05, 0.1) is 0 Å². The fourth-order valence-corrected chi connectivity index (χ4v) is 1.92. The van der Waals surface area contributed by atoms with Gasteiger partial charge in [-0.05, 0) is 26.2 Å². The molecule has 0 aromatic carbocycles. The third kappa shape index (κ3) is 8.21. The highest BCUT2D eigenvalue weighted by atomic mass is 32.2. The molecule has 2 N–H and O–H groups in total. The van der Waals surface area contributed by atoms with Crippen LogP contribution in [0, 0.1) is 5.92 Å². The van der Waals surface area contributed by atoms with E-state index in [2.05, 4.69) is 23.3 Å². The Morgan fingerprint density at radius 3 is 2.08 bits per heavy atom. The van der Waals surface area contributed by atoms with E-state index in [-0.39, 0.29) is 6.04 Å². The Hall–Kier alpha value is -0.130. The van der Waals surface area contributed by atoms with Crippen LogP contribution in [-0.4, -0.2) is 21.0 Å². The van der Waals surface area contributed by atoms with Crippen LogP contribution in [0.1, 0.15) is 34.1 Å². The molecule has 5 heteroatoms. The molecule has 0 fully saturated rings. The maximum Gasteiger partial charge on any atom is 0.277 e. The summed E-state index contributed by atoms with van der Waals surface area (Å²) in [6.07, 6.45) is 0.860. The summed E-state index contributed by atoms with van der Waals surface area (Å²) in [6.45, 7) is 8.21. The summed E-state index contributed by atoms with van der Waals surface area (Å²) < 4.78 is 27.3. The maximum absolute atomic E-state index is 11.2. The first-order chi connectivity index (χ1) is 5.83. The van der Waals surface area contributed by atoms with Crippen LogP contribution in [0.4, 0.5) is 0 Å². The first-order valence-electron chi connectivity index (χ1n) is 4.60. The second kappa shape index (κ2) is 5.57. The number of rotatable bonds is 6. The Bertz CT molecular complexity index is 222. The highest BCUT2D eigenvalue weighted by molar-refractivity contribution is 7.87. The molecule has 0 bridgehead atoms. The van der Waals surface area contributed by atoms with Crippen molar-refractivity contribution < 1.29 is 8.42 Å². The lowest BCUT2D eigenvalue weighted by molar-refractivity contribution is 0.535. The lowest BCUT2D eigenvalue weighted by atomic mass is 10.1. The third-order valence-corrected chi connectivity index (χ3v) is 2.77. The largest absolute Gasteiger partial charge is 0.277 e. The highest BCUT2D eigenvalue weighted by Crippen LogP contribution is 1.96. The maximum atomic E-state index is 11.2. The van der Waals surface area contributed by atoms with E-state index < -0.39 is 10.2 Å². The Labute approximate surface area is 81.3 Å². The lowest BCUT2D eigenvalue weighted by Crippen LogP contribution is -2.40. The van der Waals surface area contributed by atoms with Gasteiger partial charge in [-0.25, -0.2) is 4.72 Å². The molecule has 0 rings (SSSR count). The van der Waals surface area contributed by atoms with Gasteiger partial charge in [-0.3, -0.25) is 0 Å². The van der Waals surface area contributed by atoms with Crippen LogP contribution in [-0.2, 0) is 10.2 Å². The number of hydrogen-bond donors (Lipinski definition) is 2. The zero-order valence-electron chi connectivity index (χ0n) is 8.79. The van der Waals surface area contributed by atoms with Gasteiger partial charge in [-0.1, -0.05) is 13.8 Å². The molecule has 0 aliphatic carbocycles. The molecule has 0 amide bonds. The predicted octanol–water partition coefficient (Wildman–Crippen LogP) is 0.865. The second-order valence-electron chi connectivity index (χ2n) is 3.85. The van der Waals surface area contributed by atoms with Crippen molar-refractivity contribution in [2.24, 2.45) is 5.92 Å². The molecule has 0 aliphatic heterocycles. The fraction of sp³-hybridized carbons (Fsp3) is 1.00. The van der Waals surface area contributed by atoms with Crippen LogP contribution in [0.25, 0.3) is 0 Å². The van der Waals surface area contributed by atoms with Gasteiger partial charge in [-0.15, -0.1) is 0 Å². The van der Waals surface area contributed by atoms with E-state index >= 15 is 0 Å². The van der Waals surface area contributed by atoms with Crippen molar-refractivity contribution in [1.29, 1.82) is 0 Å². The zero-order valence-corrected chi connectivity index (χ0v) is 9.61. The summed E-state index contributed by atoms with van der Waals surface area (Å²) in [5.74, 6) is 0.516. The molecule has 80 valence electrons. The molecule has 0 radical (unpaired) electrons. The predicted molar refractivity (Wildman–Crippen MR) is 54.6 cm³/mol. The molecule has 0 unspecified atom stereocenters. The average Bonchev–Trinajstić information content (AvgIpc) is 1.81. The topological polar surface area (TPSA) is 58.2 Å². The highest BCUT2D eigenvalue weighted by Gasteiger charge is 2.09. The van der Waals surface area contributed by atoms with Crippen molar-refractivity contribution in [1.82, 2.24) is 9.44 Å². The zero-order chi connectivity index (χ0) is 10.5. The minimum Gasteiger partial charge on any atom is -0.202 e. The van der Waals surface area contributed by atoms with Gasteiger partial charge >= 0.3 is 0 Å². The molecule has 0 aromatic heterocycles. The van der Waals surface area contributed by atoms with E-state index in [0.29, 0.717) is 12.5 Å². The van der Waals surface area contributed by atoms with Crippen LogP contribution in [0.2, 0.25) is 0 Å². The molecule has 4 nitrogen and oxygen atoms in total. The first kappa shape index (κ1) is 12.9. The minimum atomic E-state index is -3.28. The van der Waals surface area contributed by atoms with E-state index in [1.165, 1.54) is 0 Å². The molecule has 0 heterocycles. The summed E-state index contributed by atoms with van der Waals surface area (Å²) >= 11 is 0. The standard InChI is InChI=1S/C8H20N2O2S/c1-7(2)5-6-9-13(11,12)10-8(3)4/h7-10H,5-6H2,1-4H3. The third-order valence-electron chi connectivity index (χ3n) is 1.40. The average molecular weight is 208 g/mol. The van der Waals surface area contributed by atoms with E-state index in [0.717, 1.165) is 6.42 Å². The van der Waals surface area contributed by atoms with Crippen LogP contribution in [0.5, 0.6) is 0 Å². The van der Waals surface area contributed by atoms with E-state index in [9.17, 15) is 8.42 Å². The van der Waals surface area contributed by atoms with Crippen LogP contribution >= 0.6 is 0 Å². The van der Waals surface area contributed by atoms with Crippen LogP contribution < -0.4 is 9.44 Å². The fourth-order valence-electron chi connectivity index (χ4n) is 0.834. The summed E-state index contributed by atoms with van der Waals surface area (Å²) in [4.78, 5) is 0. The summed E-state index contributed by atoms with van der Waals surface area (Å²) in [6, 6.07) is -0.0588. The van der Waals surface area contributed by atoms with Crippen LogP contribution in [0.3, 0.4) is 0 Å². The minimum absolute atomic E-state index is 0.0588. The van der Waals surface area contributed by atoms with Gasteiger partial charge in [-0.2, -0.15) is 13.1 Å². The van der Waals surface area contributed by atoms with Gasteiger partial charge in [0.1, 0.15) is 0 Å². The molecule has 0 spiro atoms. The Morgan fingerprint density at radius 2 is 1.69 bits per heavy atom. The molecule has 0 aromatic rings. The van der Waals surface area contributed by atoms with Gasteiger partial charge in [0.2, 0.25) is 0 Å². The van der Waals surface area contributed by atoms with Crippen molar-refractivity contribution in [2.75, 3.05) is 6.54 Å². The monoisotopic (exact) mass is 208 g/mol. The molecule has 0 saturated heterocycles. The molecular weight excluding hydrogens is 188 g/mol. The van der Waals surface area contributed by atoms with Crippen molar-refractivity contribution in [3.05, 3.63) is 0 Å². The Balaban J connectivity index is 3.77. The smallest absolute Gasteiger partial charge is 0.202 e. The molecule has 0 aliphatic rings. The molecule has 0 atom stereocenters. The van der Waals surface area contributed by atoms with Crippen molar-refractivity contribution >= 4 is 10.2 Å². The van der Waals surface area contributed by atoms with Gasteiger partial charge in [0, 0.05) is 12.6 Å². The van der Waals surface area contributed by atoms with Crippen molar-refractivity contribution in [3.63, 3.8) is 0 Å². The van der Waals surface area contributed by atoms with E-state index in [1.807, 2.05) is 0 Å². The number of nitrogens with one attached hydrogen (secondary N) is 2. The normalized spacial score (nSPS) is 12.8.